The van der Waals surface area contributed by atoms with Crippen molar-refractivity contribution in [3.63, 3.8) is 0 Å². The third-order valence-corrected chi connectivity index (χ3v) is 12.0. The summed E-state index contributed by atoms with van der Waals surface area (Å²) in [6.07, 6.45) is 4.09. The molecule has 1 aliphatic heterocycles. The van der Waals surface area contributed by atoms with Gasteiger partial charge in [0.2, 0.25) is 0 Å². The zero-order chi connectivity index (χ0) is 40.9. The Hall–Kier alpha value is -8.02. The summed E-state index contributed by atoms with van der Waals surface area (Å²) in [5, 5.41) is 0. The molecular formula is C56H38N4O. The monoisotopic (exact) mass is 782 g/mol. The number of para-hydroxylation sites is 2. The molecule has 0 N–H and O–H groups in total. The van der Waals surface area contributed by atoms with Crippen LogP contribution in [0.5, 0.6) is 11.5 Å². The van der Waals surface area contributed by atoms with E-state index in [1.54, 1.807) is 0 Å². The molecule has 0 bridgehead atoms. The molecule has 1 aromatic heterocycles. The van der Waals surface area contributed by atoms with E-state index in [1.165, 1.54) is 11.1 Å². The molecule has 0 radical (unpaired) electrons. The molecule has 0 fully saturated rings. The molecule has 5 heteroatoms. The van der Waals surface area contributed by atoms with Crippen LogP contribution in [-0.2, 0) is 5.41 Å². The van der Waals surface area contributed by atoms with Crippen molar-refractivity contribution in [3.8, 4) is 79.0 Å². The highest BCUT2D eigenvalue weighted by molar-refractivity contribution is 5.92. The van der Waals surface area contributed by atoms with Crippen molar-refractivity contribution in [1.29, 1.82) is 0 Å². The van der Waals surface area contributed by atoms with E-state index in [-0.39, 0.29) is 0 Å². The van der Waals surface area contributed by atoms with Crippen LogP contribution in [-0.4, -0.2) is 21.7 Å². The topological polar surface area (TPSA) is 60.3 Å². The van der Waals surface area contributed by atoms with Crippen LogP contribution in [0.1, 0.15) is 34.7 Å². The van der Waals surface area contributed by atoms with Crippen LogP contribution in [0.15, 0.2) is 199 Å². The van der Waals surface area contributed by atoms with Crippen molar-refractivity contribution >= 4 is 18.5 Å². The Bertz CT molecular complexity index is 3160. The zero-order valence-corrected chi connectivity index (χ0v) is 33.5. The van der Waals surface area contributed by atoms with Gasteiger partial charge in [0.05, 0.1) is 11.1 Å². The number of allylic oxidation sites excluding steroid dienone is 1. The van der Waals surface area contributed by atoms with Crippen LogP contribution in [0, 0.1) is 0 Å². The Kier molecular flexibility index (Phi) is 8.68. The molecule has 9 aromatic rings. The van der Waals surface area contributed by atoms with E-state index in [9.17, 15) is 0 Å². The first-order valence-corrected chi connectivity index (χ1v) is 20.5. The van der Waals surface area contributed by atoms with Gasteiger partial charge in [-0.15, -0.1) is 0 Å². The quantitative estimate of drug-likeness (QED) is 0.151. The van der Waals surface area contributed by atoms with Crippen LogP contribution in [0.3, 0.4) is 0 Å². The van der Waals surface area contributed by atoms with E-state index in [0.717, 1.165) is 83.9 Å². The molecule has 11 rings (SSSR count). The Morgan fingerprint density at radius 1 is 0.443 bits per heavy atom. The lowest BCUT2D eigenvalue weighted by Gasteiger charge is -2.39. The van der Waals surface area contributed by atoms with Gasteiger partial charge in [-0.2, -0.15) is 0 Å². The summed E-state index contributed by atoms with van der Waals surface area (Å²) in [6.45, 7) is 5.90. The molecule has 61 heavy (non-hydrogen) atoms. The predicted octanol–water partition coefficient (Wildman–Crippen LogP) is 14.0. The lowest BCUT2D eigenvalue weighted by molar-refractivity contribution is 0.436. The molecule has 0 amide bonds. The van der Waals surface area contributed by atoms with Crippen molar-refractivity contribution < 1.29 is 4.74 Å². The summed E-state index contributed by atoms with van der Waals surface area (Å²) < 4.78 is 6.64. The van der Waals surface area contributed by atoms with E-state index in [4.69, 9.17) is 19.7 Å². The molecule has 0 unspecified atom stereocenters. The summed E-state index contributed by atoms with van der Waals surface area (Å²) in [5.74, 6) is 3.53. The Balaban J connectivity index is 1.15. The number of nitrogens with zero attached hydrogens (tertiary/aromatic N) is 4. The van der Waals surface area contributed by atoms with Crippen molar-refractivity contribution in [3.05, 3.63) is 222 Å². The summed E-state index contributed by atoms with van der Waals surface area (Å²) in [6, 6.07) is 65.8. The smallest absolute Gasteiger partial charge is 0.164 e. The number of hydrogen-bond donors (Lipinski definition) is 0. The normalized spacial score (nSPS) is 12.9. The Morgan fingerprint density at radius 2 is 0.918 bits per heavy atom. The number of ether oxygens (including phenoxy) is 1. The zero-order valence-electron chi connectivity index (χ0n) is 33.5. The van der Waals surface area contributed by atoms with Crippen LogP contribution >= 0.6 is 0 Å². The van der Waals surface area contributed by atoms with Crippen LogP contribution in [0.25, 0.3) is 73.6 Å². The lowest BCUT2D eigenvalue weighted by Crippen LogP contribution is -2.32. The molecule has 288 valence electrons. The van der Waals surface area contributed by atoms with Gasteiger partial charge in [-0.05, 0) is 100 Å². The average molecular weight is 783 g/mol. The van der Waals surface area contributed by atoms with Crippen molar-refractivity contribution in [1.82, 2.24) is 15.0 Å². The molecule has 5 nitrogen and oxygen atoms in total. The van der Waals surface area contributed by atoms with Crippen LogP contribution in [0.4, 0.5) is 5.69 Å². The van der Waals surface area contributed by atoms with Crippen molar-refractivity contribution in [2.75, 3.05) is 0 Å². The minimum absolute atomic E-state index is 0.601. The molecule has 0 saturated carbocycles. The van der Waals surface area contributed by atoms with E-state index < -0.39 is 5.41 Å². The van der Waals surface area contributed by atoms with Gasteiger partial charge < -0.3 is 4.74 Å². The van der Waals surface area contributed by atoms with E-state index in [2.05, 4.69) is 157 Å². The molecule has 0 atom stereocenters. The SMILES string of the molecule is C=Nc1cc(-c2ccc3c(c2)-c2cc(-c4nc(-c5ccccc5)nc(-c5cccc(-c6ccccc6)c5)n4)ccc2C32c3ccccc3Oc3ccccc32)ccc1/C=C\C. The van der Waals surface area contributed by atoms with Gasteiger partial charge in [0.15, 0.2) is 17.5 Å². The average Bonchev–Trinajstić information content (AvgIpc) is 3.61. The van der Waals surface area contributed by atoms with Crippen LogP contribution in [0.2, 0.25) is 0 Å². The number of benzene rings is 8. The standard InChI is InChI=1S/C56H38N4O/c1-3-15-37-26-27-41(35-50(37)57-2)40-28-30-46-44(33-40)45-34-43(29-31-47(45)56(46)48-22-10-12-24-51(48)61-52-25-13-11-23-49(52)56)55-59-53(38-18-8-5-9-19-38)58-54(60-55)42-21-14-20-39(32-42)36-16-6-4-7-17-36/h3-35H,2H2,1H3/b15-3-. The maximum Gasteiger partial charge on any atom is 0.164 e. The van der Waals surface area contributed by atoms with E-state index in [1.807, 2.05) is 61.5 Å². The molecule has 0 saturated heterocycles. The van der Waals surface area contributed by atoms with Crippen LogP contribution < -0.4 is 4.74 Å². The first-order chi connectivity index (χ1) is 30.1. The molecule has 2 aliphatic rings. The van der Waals surface area contributed by atoms with Gasteiger partial charge >= 0.3 is 0 Å². The summed E-state index contributed by atoms with van der Waals surface area (Å²) >= 11 is 0. The number of aromatic nitrogens is 3. The minimum atomic E-state index is -0.631. The third kappa shape index (κ3) is 5.93. The highest BCUT2D eigenvalue weighted by Crippen LogP contribution is 2.62. The van der Waals surface area contributed by atoms with E-state index in [0.29, 0.717) is 17.5 Å². The van der Waals surface area contributed by atoms with Gasteiger partial charge in [0.1, 0.15) is 11.5 Å². The van der Waals surface area contributed by atoms with Crippen molar-refractivity contribution in [2.24, 2.45) is 4.99 Å². The third-order valence-electron chi connectivity index (χ3n) is 12.0. The molecular weight excluding hydrogens is 745 g/mol. The molecule has 2 heterocycles. The first kappa shape index (κ1) is 36.1. The van der Waals surface area contributed by atoms with Gasteiger partial charge in [0, 0.05) is 27.8 Å². The highest BCUT2D eigenvalue weighted by atomic mass is 16.5. The predicted molar refractivity (Wildman–Crippen MR) is 248 cm³/mol. The Labute approximate surface area is 355 Å². The number of hydrogen-bond acceptors (Lipinski definition) is 5. The summed E-state index contributed by atoms with van der Waals surface area (Å²) in [7, 11) is 0. The van der Waals surface area contributed by atoms with Gasteiger partial charge in [-0.3, -0.25) is 4.99 Å². The fraction of sp³-hybridized carbons (Fsp3) is 0.0357. The number of aliphatic imine (C=N–C) groups is 1. The minimum Gasteiger partial charge on any atom is -0.457 e. The number of fused-ring (bicyclic) bond motifs is 9. The highest BCUT2D eigenvalue weighted by Gasteiger charge is 2.51. The maximum atomic E-state index is 6.64. The fourth-order valence-corrected chi connectivity index (χ4v) is 9.23. The second-order valence-electron chi connectivity index (χ2n) is 15.4. The summed E-state index contributed by atoms with van der Waals surface area (Å²) in [5.41, 5.74) is 15.2. The number of rotatable bonds is 7. The molecule has 8 aromatic carbocycles. The molecule has 1 aliphatic carbocycles. The first-order valence-electron chi connectivity index (χ1n) is 20.5. The van der Waals surface area contributed by atoms with Gasteiger partial charge in [-0.1, -0.05) is 164 Å². The fourth-order valence-electron chi connectivity index (χ4n) is 9.23. The summed E-state index contributed by atoms with van der Waals surface area (Å²) in [4.78, 5) is 19.9. The maximum absolute atomic E-state index is 6.64. The largest absolute Gasteiger partial charge is 0.457 e. The van der Waals surface area contributed by atoms with Crippen molar-refractivity contribution in [2.45, 2.75) is 12.3 Å². The molecule has 1 spiro atoms. The van der Waals surface area contributed by atoms with E-state index >= 15 is 0 Å². The lowest BCUT2D eigenvalue weighted by atomic mass is 9.66. The Morgan fingerprint density at radius 3 is 1.56 bits per heavy atom. The van der Waals surface area contributed by atoms with Gasteiger partial charge in [0.25, 0.3) is 0 Å². The van der Waals surface area contributed by atoms with Gasteiger partial charge in [-0.25, -0.2) is 15.0 Å². The second-order valence-corrected chi connectivity index (χ2v) is 15.4. The second kappa shape index (κ2) is 14.7.